The summed E-state index contributed by atoms with van der Waals surface area (Å²) in [4.78, 5) is 23.4. The van der Waals surface area contributed by atoms with Crippen LogP contribution in [0.25, 0.3) is 0 Å². The van der Waals surface area contributed by atoms with Crippen LogP contribution in [0.5, 0.6) is 0 Å². The van der Waals surface area contributed by atoms with Gasteiger partial charge < -0.3 is 10.6 Å². The van der Waals surface area contributed by atoms with Crippen LogP contribution in [0.1, 0.15) is 17.3 Å². The number of anilines is 3. The molecule has 2 aromatic carbocycles. The second-order valence-corrected chi connectivity index (χ2v) is 7.44. The Labute approximate surface area is 150 Å². The summed E-state index contributed by atoms with van der Waals surface area (Å²) in [6, 6.07) is 10.9. The smallest absolute Gasteiger partial charge is 0.255 e. The number of carbonyl (C=O) groups is 2. The fourth-order valence-electron chi connectivity index (χ4n) is 2.03. The van der Waals surface area contributed by atoms with Crippen LogP contribution in [0.4, 0.5) is 17.1 Å². The third kappa shape index (κ3) is 5.77. The Morgan fingerprint density at radius 1 is 1.00 bits per heavy atom. The zero-order valence-electron chi connectivity index (χ0n) is 13.5. The monoisotopic (exact) mass is 381 g/mol. The Morgan fingerprint density at radius 3 is 2.24 bits per heavy atom. The summed E-state index contributed by atoms with van der Waals surface area (Å²) in [5.41, 5.74) is 1.36. The summed E-state index contributed by atoms with van der Waals surface area (Å²) < 4.78 is 24.9. The van der Waals surface area contributed by atoms with Crippen molar-refractivity contribution in [3.05, 3.63) is 53.1 Å². The summed E-state index contributed by atoms with van der Waals surface area (Å²) in [5.74, 6) is -0.675. The number of hydrogen-bond donors (Lipinski definition) is 3. The third-order valence-electron chi connectivity index (χ3n) is 2.96. The largest absolute Gasteiger partial charge is 0.326 e. The number of benzene rings is 2. The predicted octanol–water partition coefficient (Wildman–Crippen LogP) is 2.92. The summed E-state index contributed by atoms with van der Waals surface area (Å²) in [5, 5.41) is 5.46. The van der Waals surface area contributed by atoms with E-state index >= 15 is 0 Å². The zero-order chi connectivity index (χ0) is 18.6. The van der Waals surface area contributed by atoms with E-state index in [-0.39, 0.29) is 22.2 Å². The first-order valence-corrected chi connectivity index (χ1v) is 9.37. The van der Waals surface area contributed by atoms with Crippen LogP contribution in [-0.2, 0) is 14.8 Å². The van der Waals surface area contributed by atoms with Gasteiger partial charge in [-0.1, -0.05) is 17.7 Å². The van der Waals surface area contributed by atoms with Gasteiger partial charge in [0, 0.05) is 23.9 Å². The SMILES string of the molecule is CC(=O)Nc1cccc(NC(=O)c2ccc(Cl)c(NS(C)(=O)=O)c2)c1. The van der Waals surface area contributed by atoms with E-state index in [9.17, 15) is 18.0 Å². The van der Waals surface area contributed by atoms with Crippen molar-refractivity contribution in [3.63, 3.8) is 0 Å². The molecule has 0 aromatic heterocycles. The molecule has 2 amide bonds. The van der Waals surface area contributed by atoms with Crippen molar-refractivity contribution >= 4 is 50.5 Å². The highest BCUT2D eigenvalue weighted by Gasteiger charge is 2.12. The molecule has 0 bridgehead atoms. The van der Waals surface area contributed by atoms with Gasteiger partial charge in [-0.15, -0.1) is 0 Å². The van der Waals surface area contributed by atoms with Gasteiger partial charge in [0.05, 0.1) is 17.0 Å². The number of carbonyl (C=O) groups excluding carboxylic acids is 2. The van der Waals surface area contributed by atoms with E-state index in [1.165, 1.54) is 25.1 Å². The number of amides is 2. The topological polar surface area (TPSA) is 104 Å². The Morgan fingerprint density at radius 2 is 1.64 bits per heavy atom. The van der Waals surface area contributed by atoms with Crippen molar-refractivity contribution in [2.45, 2.75) is 6.92 Å². The second kappa shape index (κ2) is 7.54. The maximum atomic E-state index is 12.4. The van der Waals surface area contributed by atoms with E-state index in [2.05, 4.69) is 15.4 Å². The van der Waals surface area contributed by atoms with E-state index < -0.39 is 15.9 Å². The molecule has 0 aliphatic heterocycles. The quantitative estimate of drug-likeness (QED) is 0.740. The second-order valence-electron chi connectivity index (χ2n) is 5.28. The Bertz CT molecular complexity index is 929. The summed E-state index contributed by atoms with van der Waals surface area (Å²) in [6.45, 7) is 1.38. The lowest BCUT2D eigenvalue weighted by Crippen LogP contribution is -2.14. The number of nitrogens with one attached hydrogen (secondary N) is 3. The number of rotatable bonds is 5. The van der Waals surface area contributed by atoms with Crippen LogP contribution in [0.3, 0.4) is 0 Å². The van der Waals surface area contributed by atoms with Gasteiger partial charge in [-0.2, -0.15) is 0 Å². The van der Waals surface area contributed by atoms with Crippen molar-refractivity contribution in [2.24, 2.45) is 0 Å². The highest BCUT2D eigenvalue weighted by molar-refractivity contribution is 7.92. The molecule has 0 saturated carbocycles. The maximum absolute atomic E-state index is 12.4. The first kappa shape index (κ1) is 18.8. The Hall–Kier alpha value is -2.58. The molecular weight excluding hydrogens is 366 g/mol. The van der Waals surface area contributed by atoms with Crippen LogP contribution in [0, 0.1) is 0 Å². The van der Waals surface area contributed by atoms with E-state index in [0.29, 0.717) is 11.4 Å². The minimum absolute atomic E-state index is 0.115. The first-order valence-electron chi connectivity index (χ1n) is 7.10. The van der Waals surface area contributed by atoms with Crippen LogP contribution in [0.15, 0.2) is 42.5 Å². The molecule has 3 N–H and O–H groups in total. The minimum atomic E-state index is -3.52. The van der Waals surface area contributed by atoms with Crippen LogP contribution < -0.4 is 15.4 Å². The molecule has 0 spiro atoms. The molecule has 25 heavy (non-hydrogen) atoms. The van der Waals surface area contributed by atoms with Crippen molar-refractivity contribution in [2.75, 3.05) is 21.6 Å². The van der Waals surface area contributed by atoms with Gasteiger partial charge in [-0.3, -0.25) is 14.3 Å². The molecular formula is C16H16ClN3O4S. The standard InChI is InChI=1S/C16H16ClN3O4S/c1-10(21)18-12-4-3-5-13(9-12)19-16(22)11-6-7-14(17)15(8-11)20-25(2,23)24/h3-9,20H,1-2H3,(H,18,21)(H,19,22). The van der Waals surface area contributed by atoms with Gasteiger partial charge in [0.2, 0.25) is 15.9 Å². The Balaban J connectivity index is 2.21. The van der Waals surface area contributed by atoms with E-state index in [1.54, 1.807) is 24.3 Å². The molecule has 0 atom stereocenters. The number of halogens is 1. The maximum Gasteiger partial charge on any atom is 0.255 e. The van der Waals surface area contributed by atoms with Gasteiger partial charge in [0.1, 0.15) is 0 Å². The molecule has 0 unspecified atom stereocenters. The highest BCUT2D eigenvalue weighted by atomic mass is 35.5. The van der Waals surface area contributed by atoms with Gasteiger partial charge in [0.15, 0.2) is 0 Å². The van der Waals surface area contributed by atoms with Crippen molar-refractivity contribution in [1.82, 2.24) is 0 Å². The lowest BCUT2D eigenvalue weighted by molar-refractivity contribution is -0.114. The molecule has 9 heteroatoms. The molecule has 0 radical (unpaired) electrons. The molecule has 0 fully saturated rings. The predicted molar refractivity (Wildman–Crippen MR) is 98.6 cm³/mol. The average Bonchev–Trinajstić information content (AvgIpc) is 2.47. The van der Waals surface area contributed by atoms with E-state index in [0.717, 1.165) is 6.26 Å². The van der Waals surface area contributed by atoms with Crippen LogP contribution in [0.2, 0.25) is 5.02 Å². The first-order chi connectivity index (χ1) is 11.6. The van der Waals surface area contributed by atoms with Gasteiger partial charge >= 0.3 is 0 Å². The van der Waals surface area contributed by atoms with Crippen molar-refractivity contribution < 1.29 is 18.0 Å². The minimum Gasteiger partial charge on any atom is -0.326 e. The third-order valence-corrected chi connectivity index (χ3v) is 3.89. The molecule has 0 aliphatic rings. The average molecular weight is 382 g/mol. The molecule has 2 rings (SSSR count). The van der Waals surface area contributed by atoms with Gasteiger partial charge in [0.25, 0.3) is 5.91 Å². The fourth-order valence-corrected chi connectivity index (χ4v) is 2.81. The van der Waals surface area contributed by atoms with Gasteiger partial charge in [-0.25, -0.2) is 8.42 Å². The molecule has 2 aromatic rings. The molecule has 0 aliphatic carbocycles. The molecule has 132 valence electrons. The van der Waals surface area contributed by atoms with Crippen molar-refractivity contribution in [3.8, 4) is 0 Å². The number of hydrogen-bond acceptors (Lipinski definition) is 4. The van der Waals surface area contributed by atoms with E-state index in [1.807, 2.05) is 0 Å². The molecule has 0 saturated heterocycles. The summed E-state index contributed by atoms with van der Waals surface area (Å²) >= 11 is 5.94. The molecule has 0 heterocycles. The highest BCUT2D eigenvalue weighted by Crippen LogP contribution is 2.24. The van der Waals surface area contributed by atoms with Crippen LogP contribution >= 0.6 is 11.6 Å². The van der Waals surface area contributed by atoms with Crippen LogP contribution in [-0.4, -0.2) is 26.5 Å². The van der Waals surface area contributed by atoms with Crippen molar-refractivity contribution in [1.29, 1.82) is 0 Å². The summed E-state index contributed by atoms with van der Waals surface area (Å²) in [7, 11) is -3.52. The molecule has 7 nitrogen and oxygen atoms in total. The Kier molecular flexibility index (Phi) is 5.66. The zero-order valence-corrected chi connectivity index (χ0v) is 15.0. The lowest BCUT2D eigenvalue weighted by atomic mass is 10.2. The normalized spacial score (nSPS) is 10.8. The van der Waals surface area contributed by atoms with E-state index in [4.69, 9.17) is 11.6 Å². The lowest BCUT2D eigenvalue weighted by Gasteiger charge is -2.10. The summed E-state index contributed by atoms with van der Waals surface area (Å²) in [6.07, 6.45) is 0.990. The van der Waals surface area contributed by atoms with Gasteiger partial charge in [-0.05, 0) is 36.4 Å². The fraction of sp³-hybridized carbons (Fsp3) is 0.125. The number of sulfonamides is 1.